The lowest BCUT2D eigenvalue weighted by Gasteiger charge is -2.12. The molecule has 27 heavy (non-hydrogen) atoms. The van der Waals surface area contributed by atoms with Crippen molar-refractivity contribution in [3.05, 3.63) is 66.4 Å². The molecule has 6 heteroatoms. The number of anilines is 3. The van der Waals surface area contributed by atoms with E-state index in [9.17, 15) is 0 Å². The first-order valence-corrected chi connectivity index (χ1v) is 8.93. The van der Waals surface area contributed by atoms with Gasteiger partial charge in [0.25, 0.3) is 0 Å². The highest BCUT2D eigenvalue weighted by molar-refractivity contribution is 5.58. The summed E-state index contributed by atoms with van der Waals surface area (Å²) >= 11 is 0. The predicted molar refractivity (Wildman–Crippen MR) is 110 cm³/mol. The van der Waals surface area contributed by atoms with Gasteiger partial charge in [0, 0.05) is 30.5 Å². The molecule has 0 aliphatic heterocycles. The van der Waals surface area contributed by atoms with E-state index >= 15 is 0 Å². The fourth-order valence-electron chi connectivity index (χ4n) is 2.48. The number of ether oxygens (including phenoxy) is 1. The lowest BCUT2D eigenvalue weighted by atomic mass is 10.3. The summed E-state index contributed by atoms with van der Waals surface area (Å²) < 4.78 is 5.82. The van der Waals surface area contributed by atoms with Crippen LogP contribution in [0.3, 0.4) is 0 Å². The van der Waals surface area contributed by atoms with Gasteiger partial charge in [-0.1, -0.05) is 18.2 Å². The Morgan fingerprint density at radius 3 is 2.33 bits per heavy atom. The van der Waals surface area contributed by atoms with Crippen LogP contribution in [0.1, 0.15) is 5.69 Å². The predicted octanol–water partition coefficient (Wildman–Crippen LogP) is 4.29. The molecule has 0 saturated heterocycles. The number of hydrogen-bond donors (Lipinski definition) is 2. The van der Waals surface area contributed by atoms with Gasteiger partial charge in [0.1, 0.15) is 17.3 Å². The number of benzene rings is 2. The summed E-state index contributed by atoms with van der Waals surface area (Å²) in [5.41, 5.74) is 1.84. The van der Waals surface area contributed by atoms with Crippen LogP contribution in [-0.2, 0) is 0 Å². The van der Waals surface area contributed by atoms with Crippen molar-refractivity contribution in [1.82, 2.24) is 14.9 Å². The van der Waals surface area contributed by atoms with Gasteiger partial charge in [0.2, 0.25) is 5.95 Å². The molecule has 0 spiro atoms. The number of rotatable bonds is 8. The van der Waals surface area contributed by atoms with Crippen molar-refractivity contribution in [3.63, 3.8) is 0 Å². The molecule has 6 nitrogen and oxygen atoms in total. The first-order valence-electron chi connectivity index (χ1n) is 8.93. The van der Waals surface area contributed by atoms with Crippen LogP contribution in [0.2, 0.25) is 0 Å². The van der Waals surface area contributed by atoms with Crippen LogP contribution in [0.25, 0.3) is 0 Å². The van der Waals surface area contributed by atoms with Crippen LogP contribution in [-0.4, -0.2) is 42.1 Å². The first kappa shape index (κ1) is 18.7. The van der Waals surface area contributed by atoms with Crippen LogP contribution in [0.4, 0.5) is 17.5 Å². The van der Waals surface area contributed by atoms with Crippen molar-refractivity contribution >= 4 is 17.5 Å². The van der Waals surface area contributed by atoms with Gasteiger partial charge in [-0.05, 0) is 57.4 Å². The molecule has 0 aliphatic carbocycles. The summed E-state index contributed by atoms with van der Waals surface area (Å²) in [5.74, 6) is 2.99. The largest absolute Gasteiger partial charge is 0.457 e. The minimum Gasteiger partial charge on any atom is -0.457 e. The molecular formula is C21H25N5O. The number of aromatic nitrogens is 2. The smallest absolute Gasteiger partial charge is 0.224 e. The van der Waals surface area contributed by atoms with E-state index < -0.39 is 0 Å². The van der Waals surface area contributed by atoms with Gasteiger partial charge in [-0.3, -0.25) is 0 Å². The molecule has 0 bridgehead atoms. The van der Waals surface area contributed by atoms with Gasteiger partial charge in [0.15, 0.2) is 0 Å². The van der Waals surface area contributed by atoms with Crippen molar-refractivity contribution in [1.29, 1.82) is 0 Å². The molecular weight excluding hydrogens is 338 g/mol. The highest BCUT2D eigenvalue weighted by Crippen LogP contribution is 2.24. The van der Waals surface area contributed by atoms with Crippen LogP contribution < -0.4 is 15.4 Å². The highest BCUT2D eigenvalue weighted by Gasteiger charge is 2.04. The van der Waals surface area contributed by atoms with Crippen molar-refractivity contribution in [2.24, 2.45) is 0 Å². The topological polar surface area (TPSA) is 62.3 Å². The lowest BCUT2D eigenvalue weighted by molar-refractivity contribution is 0.425. The van der Waals surface area contributed by atoms with E-state index in [0.29, 0.717) is 5.95 Å². The second-order valence-corrected chi connectivity index (χ2v) is 6.51. The van der Waals surface area contributed by atoms with Gasteiger partial charge < -0.3 is 20.3 Å². The SMILES string of the molecule is Cc1cc(Nc2ccc(Oc3ccccc3)cc2)nc(NCCN(C)C)n1. The molecule has 0 saturated carbocycles. The maximum Gasteiger partial charge on any atom is 0.224 e. The Morgan fingerprint density at radius 2 is 1.63 bits per heavy atom. The van der Waals surface area contributed by atoms with Crippen molar-refractivity contribution in [2.45, 2.75) is 6.92 Å². The molecule has 2 aromatic carbocycles. The first-order chi connectivity index (χ1) is 13.1. The summed E-state index contributed by atoms with van der Waals surface area (Å²) in [7, 11) is 4.08. The van der Waals surface area contributed by atoms with Crippen molar-refractivity contribution in [3.8, 4) is 11.5 Å². The molecule has 1 aromatic heterocycles. The summed E-state index contributed by atoms with van der Waals surface area (Å²) in [6, 6.07) is 19.4. The second-order valence-electron chi connectivity index (χ2n) is 6.51. The van der Waals surface area contributed by atoms with Crippen LogP contribution in [0, 0.1) is 6.92 Å². The summed E-state index contributed by atoms with van der Waals surface area (Å²) in [5, 5.41) is 6.57. The molecule has 0 atom stereocenters. The molecule has 0 radical (unpaired) electrons. The molecule has 3 rings (SSSR count). The van der Waals surface area contributed by atoms with E-state index in [-0.39, 0.29) is 0 Å². The minimum absolute atomic E-state index is 0.628. The number of aryl methyl sites for hydroxylation is 1. The monoisotopic (exact) mass is 363 g/mol. The normalized spacial score (nSPS) is 10.7. The molecule has 3 aromatic rings. The van der Waals surface area contributed by atoms with Crippen molar-refractivity contribution < 1.29 is 4.74 Å². The molecule has 1 heterocycles. The highest BCUT2D eigenvalue weighted by atomic mass is 16.5. The fourth-order valence-corrected chi connectivity index (χ4v) is 2.48. The van der Waals surface area contributed by atoms with E-state index in [1.807, 2.05) is 81.7 Å². The zero-order chi connectivity index (χ0) is 19.1. The third kappa shape index (κ3) is 5.97. The second kappa shape index (κ2) is 9.00. The Balaban J connectivity index is 1.63. The van der Waals surface area contributed by atoms with Gasteiger partial charge in [-0.15, -0.1) is 0 Å². The van der Waals surface area contributed by atoms with E-state index in [0.717, 1.165) is 41.8 Å². The van der Waals surface area contributed by atoms with Crippen LogP contribution in [0.15, 0.2) is 60.7 Å². The fraction of sp³-hybridized carbons (Fsp3) is 0.238. The Morgan fingerprint density at radius 1 is 0.926 bits per heavy atom. The Hall–Kier alpha value is -3.12. The van der Waals surface area contributed by atoms with E-state index in [4.69, 9.17) is 4.74 Å². The quantitative estimate of drug-likeness (QED) is 0.622. The zero-order valence-corrected chi connectivity index (χ0v) is 15.9. The van der Waals surface area contributed by atoms with E-state index in [1.165, 1.54) is 0 Å². The Kier molecular flexibility index (Phi) is 6.22. The van der Waals surface area contributed by atoms with Gasteiger partial charge in [0.05, 0.1) is 0 Å². The molecule has 140 valence electrons. The van der Waals surface area contributed by atoms with Gasteiger partial charge >= 0.3 is 0 Å². The Labute approximate surface area is 160 Å². The molecule has 0 amide bonds. The third-order valence-corrected chi connectivity index (χ3v) is 3.80. The maximum absolute atomic E-state index is 5.82. The van der Waals surface area contributed by atoms with E-state index in [1.54, 1.807) is 0 Å². The summed E-state index contributed by atoms with van der Waals surface area (Å²) in [6.07, 6.45) is 0. The van der Waals surface area contributed by atoms with Gasteiger partial charge in [-0.25, -0.2) is 4.98 Å². The molecule has 2 N–H and O–H groups in total. The number of hydrogen-bond acceptors (Lipinski definition) is 6. The zero-order valence-electron chi connectivity index (χ0n) is 15.9. The summed E-state index contributed by atoms with van der Waals surface area (Å²) in [6.45, 7) is 3.67. The minimum atomic E-state index is 0.628. The Bertz CT molecular complexity index is 850. The summed E-state index contributed by atoms with van der Waals surface area (Å²) in [4.78, 5) is 11.1. The number of para-hydroxylation sites is 1. The third-order valence-electron chi connectivity index (χ3n) is 3.80. The van der Waals surface area contributed by atoms with E-state index in [2.05, 4.69) is 25.5 Å². The van der Waals surface area contributed by atoms with Crippen molar-refractivity contribution in [2.75, 3.05) is 37.8 Å². The lowest BCUT2D eigenvalue weighted by Crippen LogP contribution is -2.21. The van der Waals surface area contributed by atoms with Crippen LogP contribution in [0.5, 0.6) is 11.5 Å². The molecule has 0 fully saturated rings. The maximum atomic E-state index is 5.82. The van der Waals surface area contributed by atoms with Gasteiger partial charge in [-0.2, -0.15) is 4.98 Å². The average molecular weight is 363 g/mol. The molecule has 0 aliphatic rings. The standard InChI is InChI=1S/C21H25N5O/c1-16-15-20(25-21(23-16)22-13-14-26(2)3)24-17-9-11-19(12-10-17)27-18-7-5-4-6-8-18/h4-12,15H,13-14H2,1-3H3,(H2,22,23,24,25). The molecule has 0 unspecified atom stereocenters. The van der Waals surface area contributed by atoms with Crippen LogP contribution >= 0.6 is 0 Å². The number of nitrogens with zero attached hydrogens (tertiary/aromatic N) is 3. The number of likely N-dealkylation sites (N-methyl/N-ethyl adjacent to an activating group) is 1. The number of nitrogens with one attached hydrogen (secondary N) is 2. The average Bonchev–Trinajstić information content (AvgIpc) is 2.63.